The Bertz CT molecular complexity index is 1290. The summed E-state index contributed by atoms with van der Waals surface area (Å²) in [5.74, 6) is 1.53. The number of aryl methyl sites for hydroxylation is 1. The van der Waals surface area contributed by atoms with Gasteiger partial charge in [-0.05, 0) is 55.3 Å². The van der Waals surface area contributed by atoms with Crippen molar-refractivity contribution in [3.63, 3.8) is 0 Å². The molecule has 7 heteroatoms. The lowest BCUT2D eigenvalue weighted by molar-refractivity contribution is 0.0952. The molecule has 0 aliphatic carbocycles. The maximum absolute atomic E-state index is 13.6. The van der Waals surface area contributed by atoms with Crippen molar-refractivity contribution in [3.05, 3.63) is 102 Å². The average molecular weight is 518 g/mol. The van der Waals surface area contributed by atoms with Gasteiger partial charge in [-0.3, -0.25) is 4.90 Å². The van der Waals surface area contributed by atoms with Gasteiger partial charge in [0.2, 0.25) is 5.88 Å². The van der Waals surface area contributed by atoms with Crippen molar-refractivity contribution in [1.29, 1.82) is 0 Å². The summed E-state index contributed by atoms with van der Waals surface area (Å²) in [6, 6.07) is 23.9. The van der Waals surface area contributed by atoms with Crippen LogP contribution in [0.1, 0.15) is 43.0 Å². The molecule has 0 amide bonds. The van der Waals surface area contributed by atoms with Crippen molar-refractivity contribution < 1.29 is 19.0 Å². The first kappa shape index (κ1) is 27.4. The highest BCUT2D eigenvalue weighted by Crippen LogP contribution is 2.36. The summed E-state index contributed by atoms with van der Waals surface area (Å²) >= 11 is 0. The average Bonchev–Trinajstić information content (AvgIpc) is 3.24. The highest BCUT2D eigenvalue weighted by Gasteiger charge is 2.23. The van der Waals surface area contributed by atoms with E-state index in [4.69, 9.17) is 14.6 Å². The van der Waals surface area contributed by atoms with E-state index in [1.165, 1.54) is 12.1 Å². The van der Waals surface area contributed by atoms with E-state index in [9.17, 15) is 9.50 Å². The summed E-state index contributed by atoms with van der Waals surface area (Å²) < 4.78 is 27.4. The largest absolute Gasteiger partial charge is 0.493 e. The number of ether oxygens (including phenoxy) is 2. The first-order valence-electron chi connectivity index (χ1n) is 13.1. The second-order valence-corrected chi connectivity index (χ2v) is 9.46. The van der Waals surface area contributed by atoms with Crippen LogP contribution in [0.25, 0.3) is 5.69 Å². The predicted octanol–water partition coefficient (Wildman–Crippen LogP) is 6.67. The molecule has 6 nitrogen and oxygen atoms in total. The van der Waals surface area contributed by atoms with Crippen LogP contribution in [-0.4, -0.2) is 39.5 Å². The van der Waals surface area contributed by atoms with Crippen LogP contribution in [0.4, 0.5) is 4.39 Å². The van der Waals surface area contributed by atoms with E-state index in [1.54, 1.807) is 23.9 Å². The van der Waals surface area contributed by atoms with Crippen molar-refractivity contribution in [1.82, 2.24) is 14.7 Å². The predicted molar refractivity (Wildman–Crippen MR) is 147 cm³/mol. The van der Waals surface area contributed by atoms with E-state index in [0.29, 0.717) is 37.0 Å². The Morgan fingerprint density at radius 3 is 2.32 bits per heavy atom. The first-order chi connectivity index (χ1) is 18.5. The number of aromatic nitrogens is 2. The van der Waals surface area contributed by atoms with Crippen molar-refractivity contribution in [2.24, 2.45) is 0 Å². The lowest BCUT2D eigenvalue weighted by atomic mass is 10.1. The lowest BCUT2D eigenvalue weighted by Crippen LogP contribution is -2.32. The molecule has 200 valence electrons. The van der Waals surface area contributed by atoms with Gasteiger partial charge in [0.1, 0.15) is 5.82 Å². The standard InChI is InChI=1S/C31H36FN3O3/c1-4-5-13-27(36)21-34(20-24-16-18-25(32)19-17-24)22-28-23(2)33-35(26-11-7-6-8-12-26)31(28)38-30-15-10-9-14-29(30)37-3/h6-12,14-19,27,36H,4-5,13,20-22H2,1-3H3. The molecule has 1 aromatic heterocycles. The summed E-state index contributed by atoms with van der Waals surface area (Å²) in [6.45, 7) is 5.60. The Morgan fingerprint density at radius 2 is 1.63 bits per heavy atom. The number of para-hydroxylation sites is 3. The van der Waals surface area contributed by atoms with Crippen LogP contribution in [0, 0.1) is 12.7 Å². The normalized spacial score (nSPS) is 12.1. The second kappa shape index (κ2) is 13.2. The molecule has 0 fully saturated rings. The number of halogens is 1. The van der Waals surface area contributed by atoms with Gasteiger partial charge in [-0.25, -0.2) is 9.07 Å². The van der Waals surface area contributed by atoms with Gasteiger partial charge in [-0.15, -0.1) is 0 Å². The number of hydrogen-bond acceptors (Lipinski definition) is 5. The van der Waals surface area contributed by atoms with Crippen LogP contribution in [0.15, 0.2) is 78.9 Å². The molecule has 0 spiro atoms. The molecular weight excluding hydrogens is 481 g/mol. The number of methoxy groups -OCH3 is 1. The van der Waals surface area contributed by atoms with Crippen LogP contribution in [0.5, 0.6) is 17.4 Å². The van der Waals surface area contributed by atoms with E-state index in [2.05, 4.69) is 11.8 Å². The maximum Gasteiger partial charge on any atom is 0.227 e. The van der Waals surface area contributed by atoms with Crippen LogP contribution in [0.3, 0.4) is 0 Å². The third-order valence-corrected chi connectivity index (χ3v) is 6.47. The zero-order valence-corrected chi connectivity index (χ0v) is 22.3. The van der Waals surface area contributed by atoms with E-state index in [0.717, 1.165) is 41.8 Å². The second-order valence-electron chi connectivity index (χ2n) is 9.46. The quantitative estimate of drug-likeness (QED) is 0.215. The van der Waals surface area contributed by atoms with Crippen LogP contribution < -0.4 is 9.47 Å². The van der Waals surface area contributed by atoms with Crippen molar-refractivity contribution >= 4 is 0 Å². The summed E-state index contributed by atoms with van der Waals surface area (Å²) in [6.07, 6.45) is 2.23. The van der Waals surface area contributed by atoms with E-state index in [-0.39, 0.29) is 5.82 Å². The molecular formula is C31H36FN3O3. The minimum Gasteiger partial charge on any atom is -0.493 e. The fourth-order valence-corrected chi connectivity index (χ4v) is 4.46. The molecule has 1 atom stereocenters. The summed E-state index contributed by atoms with van der Waals surface area (Å²) in [4.78, 5) is 2.17. The minimum absolute atomic E-state index is 0.268. The third-order valence-electron chi connectivity index (χ3n) is 6.47. The number of aliphatic hydroxyl groups excluding tert-OH is 1. The molecule has 1 heterocycles. The Morgan fingerprint density at radius 1 is 0.947 bits per heavy atom. The number of rotatable bonds is 13. The van der Waals surface area contributed by atoms with Gasteiger partial charge in [0.15, 0.2) is 11.5 Å². The zero-order chi connectivity index (χ0) is 26.9. The van der Waals surface area contributed by atoms with Crippen molar-refractivity contribution in [2.75, 3.05) is 13.7 Å². The van der Waals surface area contributed by atoms with Crippen LogP contribution in [-0.2, 0) is 13.1 Å². The molecule has 4 rings (SSSR count). The molecule has 0 radical (unpaired) electrons. The van der Waals surface area contributed by atoms with Gasteiger partial charge in [0.25, 0.3) is 0 Å². The molecule has 0 aliphatic rings. The molecule has 0 saturated heterocycles. The highest BCUT2D eigenvalue weighted by molar-refractivity contribution is 5.47. The van der Waals surface area contributed by atoms with Gasteiger partial charge < -0.3 is 14.6 Å². The van der Waals surface area contributed by atoms with E-state index in [1.807, 2.05) is 61.5 Å². The Hall–Kier alpha value is -3.68. The molecule has 3 aromatic carbocycles. The highest BCUT2D eigenvalue weighted by atomic mass is 19.1. The summed E-state index contributed by atoms with van der Waals surface area (Å²) in [7, 11) is 1.62. The fourth-order valence-electron chi connectivity index (χ4n) is 4.46. The van der Waals surface area contributed by atoms with Gasteiger partial charge in [0, 0.05) is 19.6 Å². The van der Waals surface area contributed by atoms with Crippen molar-refractivity contribution in [2.45, 2.75) is 52.3 Å². The van der Waals surface area contributed by atoms with Gasteiger partial charge >= 0.3 is 0 Å². The number of aliphatic hydroxyl groups is 1. The summed E-state index contributed by atoms with van der Waals surface area (Å²) in [5, 5.41) is 15.7. The Balaban J connectivity index is 1.72. The maximum atomic E-state index is 13.6. The smallest absolute Gasteiger partial charge is 0.227 e. The van der Waals surface area contributed by atoms with Gasteiger partial charge in [0.05, 0.1) is 30.2 Å². The fraction of sp³-hybridized carbons (Fsp3) is 0.323. The molecule has 0 saturated carbocycles. The molecule has 0 aliphatic heterocycles. The first-order valence-corrected chi connectivity index (χ1v) is 13.1. The molecule has 38 heavy (non-hydrogen) atoms. The van der Waals surface area contributed by atoms with Crippen LogP contribution >= 0.6 is 0 Å². The lowest BCUT2D eigenvalue weighted by Gasteiger charge is -2.26. The van der Waals surface area contributed by atoms with Crippen molar-refractivity contribution in [3.8, 4) is 23.1 Å². The molecule has 4 aromatic rings. The molecule has 0 bridgehead atoms. The third kappa shape index (κ3) is 7.00. The SMILES string of the molecule is CCCCC(O)CN(Cc1ccc(F)cc1)Cc1c(C)nn(-c2ccccc2)c1Oc1ccccc1OC. The van der Waals surface area contributed by atoms with Gasteiger partial charge in [-0.2, -0.15) is 5.10 Å². The topological polar surface area (TPSA) is 59.8 Å². The van der Waals surface area contributed by atoms with E-state index < -0.39 is 6.10 Å². The zero-order valence-electron chi connectivity index (χ0n) is 22.3. The van der Waals surface area contributed by atoms with Gasteiger partial charge in [-0.1, -0.05) is 62.2 Å². The Kier molecular flexibility index (Phi) is 9.51. The van der Waals surface area contributed by atoms with E-state index >= 15 is 0 Å². The summed E-state index contributed by atoms with van der Waals surface area (Å²) in [5.41, 5.74) is 3.57. The number of unbranched alkanes of at least 4 members (excludes halogenated alkanes) is 1. The molecule has 1 N–H and O–H groups in total. The van der Waals surface area contributed by atoms with Crippen LogP contribution in [0.2, 0.25) is 0 Å². The number of hydrogen-bond donors (Lipinski definition) is 1. The Labute approximate surface area is 224 Å². The number of nitrogens with zero attached hydrogens (tertiary/aromatic N) is 3. The molecule has 1 unspecified atom stereocenters. The monoisotopic (exact) mass is 517 g/mol. The number of benzene rings is 3. The minimum atomic E-state index is -0.474.